The predicted octanol–water partition coefficient (Wildman–Crippen LogP) is 3.24. The van der Waals surface area contributed by atoms with Gasteiger partial charge in [-0.05, 0) is 19.1 Å². The third-order valence-corrected chi connectivity index (χ3v) is 2.30. The molecule has 3 nitrogen and oxygen atoms in total. The third kappa shape index (κ3) is 3.61. The number of carboxylic acids is 1. The van der Waals surface area contributed by atoms with Gasteiger partial charge in [-0.1, -0.05) is 29.3 Å². The summed E-state index contributed by atoms with van der Waals surface area (Å²) in [6, 6.07) is 4.96. The van der Waals surface area contributed by atoms with Crippen LogP contribution in [0.1, 0.15) is 13.3 Å². The number of carboxylic acid groups (broad SMARTS) is 1. The van der Waals surface area contributed by atoms with E-state index in [4.69, 9.17) is 33.0 Å². The van der Waals surface area contributed by atoms with E-state index in [0.717, 1.165) is 0 Å². The van der Waals surface area contributed by atoms with Crippen molar-refractivity contribution in [1.29, 1.82) is 0 Å². The van der Waals surface area contributed by atoms with E-state index >= 15 is 0 Å². The fourth-order valence-corrected chi connectivity index (χ4v) is 1.57. The lowest BCUT2D eigenvalue weighted by Crippen LogP contribution is -2.16. The van der Waals surface area contributed by atoms with Crippen molar-refractivity contribution in [3.63, 3.8) is 0 Å². The quantitative estimate of drug-likeness (QED) is 0.890. The standard InChI is InChI=1S/C10H10Cl2O3/c1-6(5-9(13)14)15-10-7(11)3-2-4-8(10)12/h2-4,6H,5H2,1H3,(H,13,14). The first kappa shape index (κ1) is 12.1. The van der Waals surface area contributed by atoms with Crippen LogP contribution in [0, 0.1) is 0 Å². The third-order valence-electron chi connectivity index (χ3n) is 1.70. The summed E-state index contributed by atoms with van der Waals surface area (Å²) in [6.45, 7) is 1.65. The van der Waals surface area contributed by atoms with Crippen LogP contribution in [0.4, 0.5) is 0 Å². The highest BCUT2D eigenvalue weighted by atomic mass is 35.5. The van der Waals surface area contributed by atoms with Gasteiger partial charge in [0.05, 0.1) is 16.5 Å². The molecule has 1 rings (SSSR count). The van der Waals surface area contributed by atoms with E-state index in [9.17, 15) is 4.79 Å². The van der Waals surface area contributed by atoms with Crippen LogP contribution in [-0.4, -0.2) is 17.2 Å². The van der Waals surface area contributed by atoms with E-state index in [1.807, 2.05) is 0 Å². The SMILES string of the molecule is CC(CC(=O)O)Oc1c(Cl)cccc1Cl. The van der Waals surface area contributed by atoms with Crippen molar-refractivity contribution in [3.8, 4) is 5.75 Å². The molecule has 1 N–H and O–H groups in total. The van der Waals surface area contributed by atoms with E-state index in [1.54, 1.807) is 25.1 Å². The monoisotopic (exact) mass is 248 g/mol. The number of hydrogen-bond donors (Lipinski definition) is 1. The van der Waals surface area contributed by atoms with Crippen LogP contribution >= 0.6 is 23.2 Å². The van der Waals surface area contributed by atoms with Gasteiger partial charge in [0.15, 0.2) is 5.75 Å². The lowest BCUT2D eigenvalue weighted by atomic mass is 10.3. The summed E-state index contributed by atoms with van der Waals surface area (Å²) in [6.07, 6.45) is -0.568. The Balaban J connectivity index is 2.76. The molecule has 0 bridgehead atoms. The minimum Gasteiger partial charge on any atom is -0.487 e. The van der Waals surface area contributed by atoms with Gasteiger partial charge in [-0.3, -0.25) is 4.79 Å². The predicted molar refractivity (Wildman–Crippen MR) is 58.8 cm³/mol. The van der Waals surface area contributed by atoms with Crippen molar-refractivity contribution in [2.24, 2.45) is 0 Å². The first-order valence-corrected chi connectivity index (χ1v) is 5.08. The zero-order valence-corrected chi connectivity index (χ0v) is 9.55. The topological polar surface area (TPSA) is 46.5 Å². The molecule has 82 valence electrons. The summed E-state index contributed by atoms with van der Waals surface area (Å²) in [5, 5.41) is 9.30. The minimum absolute atomic E-state index is 0.0957. The van der Waals surface area contributed by atoms with Crippen LogP contribution in [0.5, 0.6) is 5.75 Å². The second-order valence-corrected chi connectivity index (χ2v) is 3.89. The average molecular weight is 249 g/mol. The highest BCUT2D eigenvalue weighted by molar-refractivity contribution is 6.37. The highest BCUT2D eigenvalue weighted by Gasteiger charge is 2.13. The van der Waals surface area contributed by atoms with Gasteiger partial charge in [0.1, 0.15) is 6.10 Å². The molecule has 0 radical (unpaired) electrons. The molecule has 0 aliphatic carbocycles. The Labute approximate surface area is 97.6 Å². The molecule has 1 aromatic rings. The van der Waals surface area contributed by atoms with E-state index in [2.05, 4.69) is 0 Å². The molecule has 0 aromatic heterocycles. The Morgan fingerprint density at radius 2 is 2.00 bits per heavy atom. The molecular formula is C10H10Cl2O3. The van der Waals surface area contributed by atoms with Crippen LogP contribution < -0.4 is 4.74 Å². The Kier molecular flexibility index (Phi) is 4.24. The number of rotatable bonds is 4. The van der Waals surface area contributed by atoms with Crippen molar-refractivity contribution in [2.45, 2.75) is 19.4 Å². The maximum atomic E-state index is 10.4. The van der Waals surface area contributed by atoms with Gasteiger partial charge in [-0.25, -0.2) is 0 Å². The largest absolute Gasteiger partial charge is 0.487 e. The molecule has 5 heteroatoms. The van der Waals surface area contributed by atoms with Gasteiger partial charge >= 0.3 is 5.97 Å². The van der Waals surface area contributed by atoms with E-state index in [-0.39, 0.29) is 6.42 Å². The van der Waals surface area contributed by atoms with Crippen molar-refractivity contribution in [2.75, 3.05) is 0 Å². The van der Waals surface area contributed by atoms with Gasteiger partial charge in [-0.15, -0.1) is 0 Å². The maximum Gasteiger partial charge on any atom is 0.307 e. The molecule has 0 amide bonds. The zero-order valence-electron chi connectivity index (χ0n) is 8.04. The van der Waals surface area contributed by atoms with Crippen LogP contribution in [0.3, 0.4) is 0 Å². The van der Waals surface area contributed by atoms with Crippen LogP contribution in [0.25, 0.3) is 0 Å². The van der Waals surface area contributed by atoms with Crippen LogP contribution in [0.2, 0.25) is 10.0 Å². The van der Waals surface area contributed by atoms with Crippen LogP contribution in [0.15, 0.2) is 18.2 Å². The van der Waals surface area contributed by atoms with E-state index in [1.165, 1.54) is 0 Å². The maximum absolute atomic E-state index is 10.4. The molecule has 0 aliphatic rings. The second kappa shape index (κ2) is 5.24. The zero-order chi connectivity index (χ0) is 11.4. The number of aliphatic carboxylic acids is 1. The molecule has 0 heterocycles. The summed E-state index contributed by atoms with van der Waals surface area (Å²) in [4.78, 5) is 10.4. The van der Waals surface area contributed by atoms with Gasteiger partial charge < -0.3 is 9.84 Å². The molecule has 0 fully saturated rings. The summed E-state index contributed by atoms with van der Waals surface area (Å²) in [7, 11) is 0. The molecule has 1 aromatic carbocycles. The molecule has 15 heavy (non-hydrogen) atoms. The summed E-state index contributed by atoms with van der Waals surface area (Å²) < 4.78 is 5.34. The molecular weight excluding hydrogens is 239 g/mol. The van der Waals surface area contributed by atoms with Gasteiger partial charge in [-0.2, -0.15) is 0 Å². The van der Waals surface area contributed by atoms with Gasteiger partial charge in [0, 0.05) is 0 Å². The van der Waals surface area contributed by atoms with E-state index in [0.29, 0.717) is 15.8 Å². The number of benzene rings is 1. The average Bonchev–Trinajstić information content (AvgIpc) is 2.10. The lowest BCUT2D eigenvalue weighted by Gasteiger charge is -2.14. The van der Waals surface area contributed by atoms with E-state index < -0.39 is 12.1 Å². The summed E-state index contributed by atoms with van der Waals surface area (Å²) >= 11 is 11.7. The van der Waals surface area contributed by atoms with Gasteiger partial charge in [0.25, 0.3) is 0 Å². The number of para-hydroxylation sites is 1. The fraction of sp³-hybridized carbons (Fsp3) is 0.300. The molecule has 1 atom stereocenters. The fourth-order valence-electron chi connectivity index (χ4n) is 1.08. The molecule has 1 unspecified atom stereocenters. The normalized spacial score (nSPS) is 12.2. The number of carbonyl (C=O) groups is 1. The van der Waals surface area contributed by atoms with Crippen molar-refractivity contribution >= 4 is 29.2 Å². The Hall–Kier alpha value is -0.930. The first-order valence-electron chi connectivity index (χ1n) is 4.33. The van der Waals surface area contributed by atoms with Crippen molar-refractivity contribution in [3.05, 3.63) is 28.2 Å². The molecule has 0 aliphatic heterocycles. The second-order valence-electron chi connectivity index (χ2n) is 3.08. The smallest absolute Gasteiger partial charge is 0.307 e. The number of halogens is 2. The highest BCUT2D eigenvalue weighted by Crippen LogP contribution is 2.33. The van der Waals surface area contributed by atoms with Gasteiger partial charge in [0.2, 0.25) is 0 Å². The molecule has 0 saturated carbocycles. The Morgan fingerprint density at radius 3 is 2.47 bits per heavy atom. The summed E-state index contributed by atoms with van der Waals surface area (Å²) in [5.74, 6) is -0.597. The Morgan fingerprint density at radius 1 is 1.47 bits per heavy atom. The van der Waals surface area contributed by atoms with Crippen molar-refractivity contribution < 1.29 is 14.6 Å². The number of hydrogen-bond acceptors (Lipinski definition) is 2. The lowest BCUT2D eigenvalue weighted by molar-refractivity contribution is -0.138. The molecule has 0 saturated heterocycles. The molecule has 0 spiro atoms. The van der Waals surface area contributed by atoms with Crippen molar-refractivity contribution in [1.82, 2.24) is 0 Å². The first-order chi connectivity index (χ1) is 7.00. The number of ether oxygens (including phenoxy) is 1. The summed E-state index contributed by atoms with van der Waals surface area (Å²) in [5.41, 5.74) is 0. The van der Waals surface area contributed by atoms with Crippen LogP contribution in [-0.2, 0) is 4.79 Å². The minimum atomic E-state index is -0.925. The Bertz CT molecular complexity index is 345.